The lowest BCUT2D eigenvalue weighted by Gasteiger charge is -2.11. The maximum absolute atomic E-state index is 10.9. The van der Waals surface area contributed by atoms with Crippen LogP contribution in [-0.4, -0.2) is 27.5 Å². The van der Waals surface area contributed by atoms with Crippen LogP contribution in [0.5, 0.6) is 0 Å². The van der Waals surface area contributed by atoms with Crippen LogP contribution in [0.3, 0.4) is 0 Å². The third-order valence-corrected chi connectivity index (χ3v) is 2.37. The molecule has 0 aliphatic carbocycles. The number of nitriles is 1. The largest absolute Gasteiger partial charge is 0.481 e. The van der Waals surface area contributed by atoms with E-state index in [2.05, 4.69) is 10.3 Å². The van der Waals surface area contributed by atoms with Crippen molar-refractivity contribution in [2.24, 2.45) is 5.92 Å². The minimum absolute atomic E-state index is 0.0266. The third-order valence-electron chi connectivity index (χ3n) is 2.37. The van der Waals surface area contributed by atoms with Crippen LogP contribution in [-0.2, 0) is 4.79 Å². The van der Waals surface area contributed by atoms with Gasteiger partial charge in [0.25, 0.3) is 0 Å². The average molecular weight is 264 g/mol. The summed E-state index contributed by atoms with van der Waals surface area (Å²) in [5, 5.41) is 31.0. The number of carbonyl (C=O) groups is 1. The summed E-state index contributed by atoms with van der Waals surface area (Å²) in [5.41, 5.74) is -0.485. The number of aliphatic carboxylic acids is 1. The molecule has 1 atom stereocenters. The van der Waals surface area contributed by atoms with Crippen molar-refractivity contribution in [1.82, 2.24) is 4.98 Å². The first kappa shape index (κ1) is 14.4. The molecule has 1 aromatic heterocycles. The quantitative estimate of drug-likeness (QED) is 0.586. The van der Waals surface area contributed by atoms with E-state index in [9.17, 15) is 14.9 Å². The zero-order chi connectivity index (χ0) is 14.4. The van der Waals surface area contributed by atoms with Crippen LogP contribution in [0.15, 0.2) is 12.3 Å². The molecule has 8 nitrogen and oxygen atoms in total. The number of pyridine rings is 1. The van der Waals surface area contributed by atoms with Gasteiger partial charge in [-0.15, -0.1) is 0 Å². The maximum Gasteiger partial charge on any atom is 0.328 e. The Morgan fingerprint density at radius 3 is 2.95 bits per heavy atom. The van der Waals surface area contributed by atoms with Crippen molar-refractivity contribution in [2.45, 2.75) is 13.3 Å². The van der Waals surface area contributed by atoms with E-state index in [4.69, 9.17) is 10.4 Å². The van der Waals surface area contributed by atoms with Gasteiger partial charge >= 0.3 is 11.7 Å². The van der Waals surface area contributed by atoms with E-state index in [1.807, 2.05) is 0 Å². The van der Waals surface area contributed by atoms with Gasteiger partial charge in [-0.3, -0.25) is 14.9 Å². The van der Waals surface area contributed by atoms with Gasteiger partial charge in [0, 0.05) is 19.2 Å². The molecule has 0 saturated carbocycles. The van der Waals surface area contributed by atoms with Gasteiger partial charge in [0.1, 0.15) is 11.6 Å². The molecule has 0 aliphatic rings. The van der Waals surface area contributed by atoms with Gasteiger partial charge in [0.15, 0.2) is 0 Å². The summed E-state index contributed by atoms with van der Waals surface area (Å²) < 4.78 is 0. The van der Waals surface area contributed by atoms with E-state index in [1.54, 1.807) is 13.0 Å². The van der Waals surface area contributed by atoms with Crippen LogP contribution in [0, 0.1) is 27.4 Å². The SMILES string of the molecule is CC(CNc1nccc(C#N)c1[N+](=O)[O-])CC(=O)O. The summed E-state index contributed by atoms with van der Waals surface area (Å²) in [7, 11) is 0. The van der Waals surface area contributed by atoms with E-state index in [0.717, 1.165) is 0 Å². The highest BCUT2D eigenvalue weighted by Crippen LogP contribution is 2.25. The Balaban J connectivity index is 2.87. The zero-order valence-corrected chi connectivity index (χ0v) is 10.2. The zero-order valence-electron chi connectivity index (χ0n) is 10.2. The highest BCUT2D eigenvalue weighted by atomic mass is 16.6. The fourth-order valence-corrected chi connectivity index (χ4v) is 1.50. The van der Waals surface area contributed by atoms with Crippen molar-refractivity contribution in [3.8, 4) is 6.07 Å². The van der Waals surface area contributed by atoms with Gasteiger partial charge in [0.2, 0.25) is 5.82 Å². The summed E-state index contributed by atoms with van der Waals surface area (Å²) >= 11 is 0. The predicted molar refractivity (Wildman–Crippen MR) is 65.5 cm³/mol. The number of nitro groups is 1. The Labute approximate surface area is 108 Å². The molecule has 0 amide bonds. The summed E-state index contributed by atoms with van der Waals surface area (Å²) in [6, 6.07) is 2.98. The van der Waals surface area contributed by atoms with E-state index >= 15 is 0 Å². The monoisotopic (exact) mass is 264 g/mol. The van der Waals surface area contributed by atoms with Gasteiger partial charge < -0.3 is 10.4 Å². The summed E-state index contributed by atoms with van der Waals surface area (Å²) in [6.07, 6.45) is 1.23. The number of anilines is 1. The van der Waals surface area contributed by atoms with Crippen LogP contribution in [0.2, 0.25) is 0 Å². The van der Waals surface area contributed by atoms with Crippen molar-refractivity contribution < 1.29 is 14.8 Å². The van der Waals surface area contributed by atoms with E-state index < -0.39 is 16.6 Å². The normalized spacial score (nSPS) is 11.4. The highest BCUT2D eigenvalue weighted by molar-refractivity contribution is 5.67. The van der Waals surface area contributed by atoms with Crippen molar-refractivity contribution in [3.63, 3.8) is 0 Å². The van der Waals surface area contributed by atoms with E-state index in [0.29, 0.717) is 0 Å². The topological polar surface area (TPSA) is 129 Å². The molecule has 0 saturated heterocycles. The van der Waals surface area contributed by atoms with Crippen molar-refractivity contribution in [1.29, 1.82) is 5.26 Å². The van der Waals surface area contributed by atoms with Crippen molar-refractivity contribution >= 4 is 17.5 Å². The molecule has 2 N–H and O–H groups in total. The number of hydrogen-bond donors (Lipinski definition) is 2. The second-order valence-corrected chi connectivity index (χ2v) is 4.01. The van der Waals surface area contributed by atoms with Gasteiger partial charge in [-0.2, -0.15) is 5.26 Å². The minimum atomic E-state index is -0.942. The summed E-state index contributed by atoms with van der Waals surface area (Å²) in [4.78, 5) is 24.5. The number of rotatable bonds is 6. The maximum atomic E-state index is 10.9. The molecule has 8 heteroatoms. The molecule has 19 heavy (non-hydrogen) atoms. The molecule has 1 unspecified atom stereocenters. The van der Waals surface area contributed by atoms with Crippen LogP contribution in [0.25, 0.3) is 0 Å². The average Bonchev–Trinajstić information content (AvgIpc) is 2.34. The molecule has 1 heterocycles. The number of carboxylic acid groups (broad SMARTS) is 1. The predicted octanol–water partition coefficient (Wildman–Crippen LogP) is 1.38. The Hall–Kier alpha value is -2.69. The molecular weight excluding hydrogens is 252 g/mol. The molecule has 0 aromatic carbocycles. The highest BCUT2D eigenvalue weighted by Gasteiger charge is 2.21. The van der Waals surface area contributed by atoms with Gasteiger partial charge in [-0.1, -0.05) is 6.92 Å². The molecule has 0 aliphatic heterocycles. The first-order chi connectivity index (χ1) is 8.95. The Morgan fingerprint density at radius 2 is 2.42 bits per heavy atom. The number of hydrogen-bond acceptors (Lipinski definition) is 6. The molecule has 1 rings (SSSR count). The molecule has 1 aromatic rings. The Kier molecular flexibility index (Phi) is 4.76. The number of carboxylic acids is 1. The van der Waals surface area contributed by atoms with Crippen LogP contribution in [0.1, 0.15) is 18.9 Å². The number of aromatic nitrogens is 1. The molecular formula is C11H12N4O4. The fourth-order valence-electron chi connectivity index (χ4n) is 1.50. The molecule has 100 valence electrons. The first-order valence-corrected chi connectivity index (χ1v) is 5.44. The van der Waals surface area contributed by atoms with E-state index in [-0.39, 0.29) is 30.3 Å². The van der Waals surface area contributed by atoms with Crippen molar-refractivity contribution in [3.05, 3.63) is 27.9 Å². The lowest BCUT2D eigenvalue weighted by molar-refractivity contribution is -0.384. The second kappa shape index (κ2) is 6.30. The smallest absolute Gasteiger partial charge is 0.328 e. The molecule has 0 fully saturated rings. The molecule has 0 bridgehead atoms. The standard InChI is InChI=1S/C11H12N4O4/c1-7(4-9(16)17)6-14-11-10(15(18)19)8(5-12)2-3-13-11/h2-3,7H,4,6H2,1H3,(H,13,14)(H,16,17). The number of nitrogens with one attached hydrogen (secondary N) is 1. The molecule has 0 radical (unpaired) electrons. The first-order valence-electron chi connectivity index (χ1n) is 5.44. The number of nitrogens with zero attached hydrogens (tertiary/aromatic N) is 3. The van der Waals surface area contributed by atoms with Gasteiger partial charge in [-0.05, 0) is 12.0 Å². The van der Waals surface area contributed by atoms with E-state index in [1.165, 1.54) is 12.3 Å². The summed E-state index contributed by atoms with van der Waals surface area (Å²) in [5.74, 6) is -1.19. The van der Waals surface area contributed by atoms with Crippen LogP contribution in [0.4, 0.5) is 11.5 Å². The third kappa shape index (κ3) is 3.92. The van der Waals surface area contributed by atoms with Gasteiger partial charge in [-0.25, -0.2) is 4.98 Å². The lowest BCUT2D eigenvalue weighted by Crippen LogP contribution is -2.16. The molecule has 0 spiro atoms. The summed E-state index contributed by atoms with van der Waals surface area (Å²) in [6.45, 7) is 1.91. The Bertz CT molecular complexity index is 538. The minimum Gasteiger partial charge on any atom is -0.481 e. The lowest BCUT2D eigenvalue weighted by atomic mass is 10.1. The van der Waals surface area contributed by atoms with Crippen LogP contribution < -0.4 is 5.32 Å². The van der Waals surface area contributed by atoms with Gasteiger partial charge in [0.05, 0.1) is 4.92 Å². The Morgan fingerprint density at radius 1 is 1.74 bits per heavy atom. The van der Waals surface area contributed by atoms with Crippen molar-refractivity contribution in [2.75, 3.05) is 11.9 Å². The van der Waals surface area contributed by atoms with Crippen LogP contribution >= 0.6 is 0 Å². The second-order valence-electron chi connectivity index (χ2n) is 4.01. The fraction of sp³-hybridized carbons (Fsp3) is 0.364.